The van der Waals surface area contributed by atoms with Gasteiger partial charge in [0.25, 0.3) is 0 Å². The maximum absolute atomic E-state index is 13.1. The van der Waals surface area contributed by atoms with Crippen molar-refractivity contribution < 1.29 is 9.13 Å². The minimum absolute atomic E-state index is 0.327. The fraction of sp³-hybridized carbons (Fsp3) is 0.154. The van der Waals surface area contributed by atoms with Crippen molar-refractivity contribution in [1.29, 1.82) is 0 Å². The molecule has 6 heteroatoms. The number of aromatic nitrogens is 1. The molecule has 100 valence electrons. The van der Waals surface area contributed by atoms with Crippen LogP contribution in [-0.4, -0.2) is 12.1 Å². The number of nitrogens with one attached hydrogen (secondary N) is 1. The third-order valence-electron chi connectivity index (χ3n) is 2.48. The van der Waals surface area contributed by atoms with Crippen molar-refractivity contribution in [3.63, 3.8) is 0 Å². The van der Waals surface area contributed by atoms with Crippen LogP contribution in [0.4, 0.5) is 10.1 Å². The molecule has 0 amide bonds. The minimum atomic E-state index is -0.381. The van der Waals surface area contributed by atoms with E-state index in [-0.39, 0.29) is 5.82 Å². The molecule has 0 spiro atoms. The fourth-order valence-electron chi connectivity index (χ4n) is 1.54. The molecule has 1 aromatic heterocycles. The smallest absolute Gasteiger partial charge is 0.212 e. The molecular weight excluding hydrogens is 335 g/mol. The lowest BCUT2D eigenvalue weighted by Crippen LogP contribution is -2.02. The highest BCUT2D eigenvalue weighted by Gasteiger charge is 2.07. The van der Waals surface area contributed by atoms with E-state index in [0.717, 1.165) is 5.56 Å². The summed E-state index contributed by atoms with van der Waals surface area (Å²) in [6.07, 6.45) is 1.71. The first kappa shape index (κ1) is 14.1. The van der Waals surface area contributed by atoms with Gasteiger partial charge in [-0.05, 0) is 33.6 Å². The first-order chi connectivity index (χ1) is 9.10. The highest BCUT2D eigenvalue weighted by atomic mass is 79.9. The van der Waals surface area contributed by atoms with Gasteiger partial charge in [-0.25, -0.2) is 9.37 Å². The molecule has 0 atom stereocenters. The van der Waals surface area contributed by atoms with E-state index in [1.54, 1.807) is 19.4 Å². The Hall–Kier alpha value is -1.33. The number of hydrogen-bond acceptors (Lipinski definition) is 3. The summed E-state index contributed by atoms with van der Waals surface area (Å²) in [5, 5.41) is 3.46. The summed E-state index contributed by atoms with van der Waals surface area (Å²) >= 11 is 9.25. The molecule has 0 fully saturated rings. The molecule has 1 N–H and O–H groups in total. The molecule has 3 nitrogen and oxygen atoms in total. The van der Waals surface area contributed by atoms with Crippen molar-refractivity contribution in [1.82, 2.24) is 4.98 Å². The van der Waals surface area contributed by atoms with Gasteiger partial charge in [0.2, 0.25) is 5.88 Å². The predicted molar refractivity (Wildman–Crippen MR) is 77.2 cm³/mol. The average Bonchev–Trinajstić information content (AvgIpc) is 2.38. The molecule has 0 aliphatic carbocycles. The summed E-state index contributed by atoms with van der Waals surface area (Å²) < 4.78 is 18.7. The third kappa shape index (κ3) is 3.58. The van der Waals surface area contributed by atoms with Crippen molar-refractivity contribution >= 4 is 33.2 Å². The fourth-order valence-corrected chi connectivity index (χ4v) is 2.50. The van der Waals surface area contributed by atoms with Crippen LogP contribution in [0.25, 0.3) is 0 Å². The molecule has 1 heterocycles. The van der Waals surface area contributed by atoms with Crippen LogP contribution >= 0.6 is 27.5 Å². The largest absolute Gasteiger partial charge is 0.481 e. The van der Waals surface area contributed by atoms with Crippen LogP contribution in [-0.2, 0) is 6.54 Å². The van der Waals surface area contributed by atoms with Gasteiger partial charge in [0.15, 0.2) is 0 Å². The van der Waals surface area contributed by atoms with Gasteiger partial charge in [-0.2, -0.15) is 0 Å². The summed E-state index contributed by atoms with van der Waals surface area (Å²) in [7, 11) is 1.57. The molecule has 0 aliphatic heterocycles. The highest BCUT2D eigenvalue weighted by molar-refractivity contribution is 9.10. The summed E-state index contributed by atoms with van der Waals surface area (Å²) in [4.78, 5) is 4.10. The number of methoxy groups -OCH3 is 1. The number of hydrogen-bond donors (Lipinski definition) is 1. The van der Waals surface area contributed by atoms with E-state index in [1.165, 1.54) is 12.1 Å². The van der Waals surface area contributed by atoms with E-state index in [2.05, 4.69) is 26.2 Å². The van der Waals surface area contributed by atoms with Crippen LogP contribution in [0.1, 0.15) is 5.56 Å². The standard InChI is InChI=1S/C13H11BrClFN2O/c1-19-12-3-2-8(6-17-12)7-18-13-10(14)4-9(16)5-11(13)15/h2-6,18H,7H2,1H3. The monoisotopic (exact) mass is 344 g/mol. The van der Waals surface area contributed by atoms with Gasteiger partial charge in [-0.1, -0.05) is 17.7 Å². The van der Waals surface area contributed by atoms with Crippen molar-refractivity contribution in [2.45, 2.75) is 6.54 Å². The Morgan fingerprint density at radius 2 is 2.21 bits per heavy atom. The normalized spacial score (nSPS) is 10.3. The lowest BCUT2D eigenvalue weighted by atomic mass is 10.2. The van der Waals surface area contributed by atoms with Crippen LogP contribution in [0.15, 0.2) is 34.9 Å². The topological polar surface area (TPSA) is 34.1 Å². The molecule has 0 saturated carbocycles. The number of ether oxygens (including phenoxy) is 1. The number of pyridine rings is 1. The molecule has 1 aromatic carbocycles. The molecule has 0 aliphatic rings. The maximum atomic E-state index is 13.1. The van der Waals surface area contributed by atoms with Gasteiger partial charge >= 0.3 is 0 Å². The molecule has 0 radical (unpaired) electrons. The first-order valence-corrected chi connectivity index (χ1v) is 6.64. The quantitative estimate of drug-likeness (QED) is 0.899. The Balaban J connectivity index is 2.10. The summed E-state index contributed by atoms with van der Waals surface area (Å²) in [5.74, 6) is 0.179. The molecule has 0 unspecified atom stereocenters. The first-order valence-electron chi connectivity index (χ1n) is 5.47. The second-order valence-electron chi connectivity index (χ2n) is 3.81. The van der Waals surface area contributed by atoms with Crippen molar-refractivity contribution in [3.05, 3.63) is 51.3 Å². The van der Waals surface area contributed by atoms with E-state index in [1.807, 2.05) is 6.07 Å². The number of benzene rings is 1. The van der Waals surface area contributed by atoms with Gasteiger partial charge < -0.3 is 10.1 Å². The van der Waals surface area contributed by atoms with E-state index in [9.17, 15) is 4.39 Å². The van der Waals surface area contributed by atoms with E-state index in [0.29, 0.717) is 27.6 Å². The predicted octanol–water partition coefficient (Wildman–Crippen LogP) is 4.26. The molecule has 19 heavy (non-hydrogen) atoms. The maximum Gasteiger partial charge on any atom is 0.212 e. The van der Waals surface area contributed by atoms with Gasteiger partial charge in [0.05, 0.1) is 17.8 Å². The zero-order valence-electron chi connectivity index (χ0n) is 10.1. The Morgan fingerprint density at radius 3 is 2.79 bits per heavy atom. The number of nitrogens with zero attached hydrogens (tertiary/aromatic N) is 1. The van der Waals surface area contributed by atoms with Crippen molar-refractivity contribution in [3.8, 4) is 5.88 Å². The molecular formula is C13H11BrClFN2O. The summed E-state index contributed by atoms with van der Waals surface area (Å²) in [6, 6.07) is 6.30. The highest BCUT2D eigenvalue weighted by Crippen LogP contribution is 2.32. The zero-order valence-corrected chi connectivity index (χ0v) is 12.4. The van der Waals surface area contributed by atoms with Crippen LogP contribution in [0.2, 0.25) is 5.02 Å². The van der Waals surface area contributed by atoms with Gasteiger partial charge in [-0.15, -0.1) is 0 Å². The van der Waals surface area contributed by atoms with Crippen molar-refractivity contribution in [2.75, 3.05) is 12.4 Å². The average molecular weight is 346 g/mol. The molecule has 0 saturated heterocycles. The minimum Gasteiger partial charge on any atom is -0.481 e. The lowest BCUT2D eigenvalue weighted by Gasteiger charge is -2.11. The van der Waals surface area contributed by atoms with Crippen LogP contribution in [0.5, 0.6) is 5.88 Å². The number of halogens is 3. The van der Waals surface area contributed by atoms with Gasteiger partial charge in [-0.3, -0.25) is 0 Å². The van der Waals surface area contributed by atoms with Crippen LogP contribution in [0, 0.1) is 5.82 Å². The van der Waals surface area contributed by atoms with Crippen LogP contribution < -0.4 is 10.1 Å². The Bertz CT molecular complexity index is 554. The Morgan fingerprint density at radius 1 is 1.42 bits per heavy atom. The van der Waals surface area contributed by atoms with E-state index in [4.69, 9.17) is 16.3 Å². The molecule has 2 rings (SSSR count). The van der Waals surface area contributed by atoms with Gasteiger partial charge in [0.1, 0.15) is 5.82 Å². The lowest BCUT2D eigenvalue weighted by molar-refractivity contribution is 0.397. The SMILES string of the molecule is COc1ccc(CNc2c(Cl)cc(F)cc2Br)cn1. The van der Waals surface area contributed by atoms with Crippen molar-refractivity contribution in [2.24, 2.45) is 0 Å². The number of rotatable bonds is 4. The summed E-state index contributed by atoms with van der Waals surface area (Å²) in [6.45, 7) is 0.529. The van der Waals surface area contributed by atoms with E-state index >= 15 is 0 Å². The van der Waals surface area contributed by atoms with Gasteiger partial charge in [0, 0.05) is 23.3 Å². The second-order valence-corrected chi connectivity index (χ2v) is 5.07. The molecule has 2 aromatic rings. The molecule has 0 bridgehead atoms. The zero-order chi connectivity index (χ0) is 13.8. The Kier molecular flexibility index (Phi) is 4.61. The van der Waals surface area contributed by atoms with Crippen LogP contribution in [0.3, 0.4) is 0 Å². The summed E-state index contributed by atoms with van der Waals surface area (Å²) in [5.41, 5.74) is 1.62. The van der Waals surface area contributed by atoms with E-state index < -0.39 is 0 Å². The second kappa shape index (κ2) is 6.21. The third-order valence-corrected chi connectivity index (χ3v) is 3.41. The Labute approximate surface area is 123 Å². The number of anilines is 1.